The molecule has 2 rings (SSSR count). The van der Waals surface area contributed by atoms with Crippen molar-refractivity contribution in [2.45, 2.75) is 13.1 Å². The smallest absolute Gasteiger partial charge is 0.316 e. The molecule has 0 aliphatic heterocycles. The van der Waals surface area contributed by atoms with E-state index in [4.69, 9.17) is 11.5 Å². The Morgan fingerprint density at radius 3 is 2.25 bits per heavy atom. The van der Waals surface area contributed by atoms with Gasteiger partial charge in [-0.3, -0.25) is 19.7 Å². The third-order valence-electron chi connectivity index (χ3n) is 3.29. The molecule has 24 heavy (non-hydrogen) atoms. The van der Waals surface area contributed by atoms with Crippen molar-refractivity contribution < 1.29 is 14.4 Å². The summed E-state index contributed by atoms with van der Waals surface area (Å²) in [4.78, 5) is 35.4. The van der Waals surface area contributed by atoms with Gasteiger partial charge in [0.15, 0.2) is 0 Å². The number of imide groups is 1. The molecule has 0 saturated carbocycles. The fraction of sp³-hybridized carbons (Fsp3) is 0.118. The maximum Gasteiger partial charge on any atom is 0.316 e. The van der Waals surface area contributed by atoms with Crippen LogP contribution in [0.25, 0.3) is 0 Å². The first-order valence-electron chi connectivity index (χ1n) is 7.26. The van der Waals surface area contributed by atoms with Crippen LogP contribution in [0.5, 0.6) is 0 Å². The summed E-state index contributed by atoms with van der Waals surface area (Å²) < 4.78 is 0. The molecule has 7 heteroatoms. The van der Waals surface area contributed by atoms with E-state index in [-0.39, 0.29) is 12.1 Å². The Morgan fingerprint density at radius 2 is 1.58 bits per heavy atom. The molecule has 0 bridgehead atoms. The maximum absolute atomic E-state index is 11.9. The number of amides is 3. The van der Waals surface area contributed by atoms with Crippen molar-refractivity contribution in [1.29, 1.82) is 0 Å². The van der Waals surface area contributed by atoms with Crippen molar-refractivity contribution >= 4 is 23.4 Å². The van der Waals surface area contributed by atoms with Crippen molar-refractivity contribution in [3.05, 3.63) is 65.2 Å². The highest BCUT2D eigenvalue weighted by atomic mass is 16.2. The van der Waals surface area contributed by atoms with Gasteiger partial charge in [0.05, 0.1) is 0 Å². The molecule has 0 aliphatic carbocycles. The fourth-order valence-corrected chi connectivity index (χ4v) is 2.00. The molecule has 2 aromatic carbocycles. The van der Waals surface area contributed by atoms with E-state index in [1.165, 1.54) is 24.3 Å². The summed E-state index contributed by atoms with van der Waals surface area (Å²) in [5, 5.41) is 4.48. The summed E-state index contributed by atoms with van der Waals surface area (Å²) in [5.41, 5.74) is 13.5. The molecule has 6 N–H and O–H groups in total. The number of nitrogens with one attached hydrogen (secondary N) is 2. The van der Waals surface area contributed by atoms with Crippen LogP contribution in [-0.4, -0.2) is 17.7 Å². The molecule has 0 aromatic heterocycles. The van der Waals surface area contributed by atoms with Gasteiger partial charge in [0.2, 0.25) is 0 Å². The molecule has 7 nitrogen and oxygen atoms in total. The van der Waals surface area contributed by atoms with Crippen molar-refractivity contribution in [1.82, 2.24) is 10.6 Å². The van der Waals surface area contributed by atoms with Crippen LogP contribution in [0.2, 0.25) is 0 Å². The number of carbonyl (C=O) groups excluding carboxylic acids is 3. The van der Waals surface area contributed by atoms with Gasteiger partial charge < -0.3 is 16.8 Å². The van der Waals surface area contributed by atoms with Crippen LogP contribution in [0.15, 0.2) is 48.5 Å². The van der Waals surface area contributed by atoms with E-state index in [2.05, 4.69) is 5.32 Å². The lowest BCUT2D eigenvalue weighted by Gasteiger charge is -2.07. The van der Waals surface area contributed by atoms with E-state index in [0.717, 1.165) is 11.1 Å². The highest BCUT2D eigenvalue weighted by molar-refractivity contribution is 6.38. The Labute approximate surface area is 139 Å². The van der Waals surface area contributed by atoms with Crippen LogP contribution in [0, 0.1) is 0 Å². The number of hydrogen-bond donors (Lipinski definition) is 4. The molecule has 3 amide bonds. The van der Waals surface area contributed by atoms with Crippen molar-refractivity contribution in [2.24, 2.45) is 5.73 Å². The van der Waals surface area contributed by atoms with E-state index in [9.17, 15) is 14.4 Å². The molecule has 0 spiro atoms. The Balaban J connectivity index is 1.88. The molecule has 0 atom stereocenters. The highest BCUT2D eigenvalue weighted by Gasteiger charge is 2.17. The number of rotatable bonds is 4. The van der Waals surface area contributed by atoms with Gasteiger partial charge >= 0.3 is 11.8 Å². The summed E-state index contributed by atoms with van der Waals surface area (Å²) in [5.74, 6) is -2.58. The Hall–Kier alpha value is -3.19. The van der Waals surface area contributed by atoms with Crippen LogP contribution >= 0.6 is 0 Å². The minimum absolute atomic E-state index is 0.163. The number of benzene rings is 2. The van der Waals surface area contributed by atoms with Gasteiger partial charge in [-0.05, 0) is 35.4 Å². The van der Waals surface area contributed by atoms with Gasteiger partial charge in [-0.1, -0.05) is 24.3 Å². The minimum Gasteiger partial charge on any atom is -0.399 e. The normalized spacial score (nSPS) is 10.0. The quantitative estimate of drug-likeness (QED) is 0.475. The van der Waals surface area contributed by atoms with Crippen LogP contribution in [0.4, 0.5) is 5.69 Å². The summed E-state index contributed by atoms with van der Waals surface area (Å²) >= 11 is 0. The van der Waals surface area contributed by atoms with Crippen LogP contribution < -0.4 is 22.1 Å². The minimum atomic E-state index is -1.02. The molecule has 0 unspecified atom stereocenters. The molecule has 0 radical (unpaired) electrons. The average Bonchev–Trinajstić information content (AvgIpc) is 2.60. The lowest BCUT2D eigenvalue weighted by atomic mass is 10.1. The zero-order valence-electron chi connectivity index (χ0n) is 12.9. The first-order chi connectivity index (χ1) is 11.5. The van der Waals surface area contributed by atoms with E-state index < -0.39 is 17.7 Å². The molecule has 0 heterocycles. The molecule has 0 fully saturated rings. The molecule has 0 saturated heterocycles. The summed E-state index contributed by atoms with van der Waals surface area (Å²) in [7, 11) is 0. The number of nitrogen functional groups attached to an aromatic ring is 1. The van der Waals surface area contributed by atoms with Crippen molar-refractivity contribution in [3.63, 3.8) is 0 Å². The molecular formula is C17H18N4O3. The average molecular weight is 326 g/mol. The van der Waals surface area contributed by atoms with E-state index in [0.29, 0.717) is 12.2 Å². The van der Waals surface area contributed by atoms with Crippen LogP contribution in [0.3, 0.4) is 0 Å². The van der Waals surface area contributed by atoms with Gasteiger partial charge in [0.25, 0.3) is 5.91 Å². The van der Waals surface area contributed by atoms with Crippen LogP contribution in [0.1, 0.15) is 21.5 Å². The third kappa shape index (κ3) is 4.65. The third-order valence-corrected chi connectivity index (χ3v) is 3.29. The van der Waals surface area contributed by atoms with Gasteiger partial charge in [-0.2, -0.15) is 0 Å². The first-order valence-corrected chi connectivity index (χ1v) is 7.26. The van der Waals surface area contributed by atoms with Crippen molar-refractivity contribution in [2.75, 3.05) is 5.73 Å². The number of anilines is 1. The molecule has 124 valence electrons. The summed E-state index contributed by atoms with van der Waals surface area (Å²) in [6.45, 7) is 0.550. The largest absolute Gasteiger partial charge is 0.399 e. The van der Waals surface area contributed by atoms with E-state index in [1.807, 2.05) is 23.5 Å². The van der Waals surface area contributed by atoms with Crippen molar-refractivity contribution in [3.8, 4) is 0 Å². The van der Waals surface area contributed by atoms with E-state index >= 15 is 0 Å². The highest BCUT2D eigenvalue weighted by Crippen LogP contribution is 2.05. The number of hydrogen-bond acceptors (Lipinski definition) is 5. The fourth-order valence-electron chi connectivity index (χ4n) is 2.00. The second-order valence-electron chi connectivity index (χ2n) is 5.11. The Kier molecular flexibility index (Phi) is 5.64. The number of carbonyl (C=O) groups is 3. The number of nitrogens with two attached hydrogens (primary N) is 2. The summed E-state index contributed by atoms with van der Waals surface area (Å²) in [6, 6.07) is 13.3. The second-order valence-corrected chi connectivity index (χ2v) is 5.11. The van der Waals surface area contributed by atoms with Gasteiger partial charge in [-0.25, -0.2) is 0 Å². The monoisotopic (exact) mass is 326 g/mol. The van der Waals surface area contributed by atoms with Gasteiger partial charge in [0.1, 0.15) is 0 Å². The topological polar surface area (TPSA) is 127 Å². The predicted molar refractivity (Wildman–Crippen MR) is 89.5 cm³/mol. The predicted octanol–water partition coefficient (Wildman–Crippen LogP) is 0.300. The lowest BCUT2D eigenvalue weighted by Crippen LogP contribution is -2.42. The summed E-state index contributed by atoms with van der Waals surface area (Å²) in [6.07, 6.45) is 0. The molecular weight excluding hydrogens is 308 g/mol. The maximum atomic E-state index is 11.9. The first kappa shape index (κ1) is 17.2. The van der Waals surface area contributed by atoms with Crippen LogP contribution in [-0.2, 0) is 22.7 Å². The SMILES string of the molecule is NCc1cccc(CNC(=O)C(=O)NC(=O)c2ccc(N)cc2)c1. The Bertz CT molecular complexity index is 757. The Morgan fingerprint density at radius 1 is 0.917 bits per heavy atom. The second kappa shape index (κ2) is 7.89. The zero-order valence-corrected chi connectivity index (χ0v) is 12.9. The van der Waals surface area contributed by atoms with E-state index in [1.54, 1.807) is 6.07 Å². The standard InChI is InChI=1S/C17H18N4O3/c18-9-11-2-1-3-12(8-11)10-20-16(23)17(24)21-15(22)13-4-6-14(19)7-5-13/h1-8H,9-10,18-19H2,(H,20,23)(H,21,22,24). The molecule has 2 aromatic rings. The van der Waals surface area contributed by atoms with Gasteiger partial charge in [-0.15, -0.1) is 0 Å². The molecule has 0 aliphatic rings. The lowest BCUT2D eigenvalue weighted by molar-refractivity contribution is -0.138. The van der Waals surface area contributed by atoms with Gasteiger partial charge in [0, 0.05) is 24.3 Å². The zero-order chi connectivity index (χ0) is 17.5.